The lowest BCUT2D eigenvalue weighted by Crippen LogP contribution is -2.51. The van der Waals surface area contributed by atoms with Crippen LogP contribution >= 0.6 is 11.8 Å². The second kappa shape index (κ2) is 6.75. The SMILES string of the molecule is CCCN(CC(=O)O)C(=O)C1CSCCN1. The van der Waals surface area contributed by atoms with Crippen LogP contribution in [0.2, 0.25) is 0 Å². The number of nitrogens with one attached hydrogen (secondary N) is 1. The maximum absolute atomic E-state index is 12.0. The Kier molecular flexibility index (Phi) is 5.62. The van der Waals surface area contributed by atoms with Crippen molar-refractivity contribution in [2.75, 3.05) is 31.1 Å². The van der Waals surface area contributed by atoms with E-state index in [0.717, 1.165) is 24.5 Å². The van der Waals surface area contributed by atoms with Gasteiger partial charge in [-0.2, -0.15) is 11.8 Å². The van der Waals surface area contributed by atoms with E-state index in [-0.39, 0.29) is 18.5 Å². The highest BCUT2D eigenvalue weighted by Crippen LogP contribution is 2.10. The quantitative estimate of drug-likeness (QED) is 0.715. The summed E-state index contributed by atoms with van der Waals surface area (Å²) in [6, 6.07) is -0.218. The van der Waals surface area contributed by atoms with Gasteiger partial charge in [0.15, 0.2) is 0 Å². The molecule has 2 N–H and O–H groups in total. The van der Waals surface area contributed by atoms with Crippen LogP contribution < -0.4 is 5.32 Å². The normalized spacial score (nSPS) is 20.4. The number of rotatable bonds is 5. The predicted molar refractivity (Wildman–Crippen MR) is 63.6 cm³/mol. The zero-order chi connectivity index (χ0) is 12.0. The third-order valence-electron chi connectivity index (χ3n) is 2.35. The lowest BCUT2D eigenvalue weighted by Gasteiger charge is -2.28. The van der Waals surface area contributed by atoms with Crippen molar-refractivity contribution >= 4 is 23.6 Å². The molecule has 1 atom stereocenters. The van der Waals surface area contributed by atoms with Crippen LogP contribution in [0.1, 0.15) is 13.3 Å². The van der Waals surface area contributed by atoms with Crippen LogP contribution in [-0.2, 0) is 9.59 Å². The smallest absolute Gasteiger partial charge is 0.323 e. The minimum atomic E-state index is -0.953. The standard InChI is InChI=1S/C10H18N2O3S/c1-2-4-12(6-9(13)14)10(15)8-7-16-5-3-11-8/h8,11H,2-7H2,1H3,(H,13,14). The number of thioether (sulfide) groups is 1. The fourth-order valence-corrected chi connectivity index (χ4v) is 2.57. The van der Waals surface area contributed by atoms with E-state index in [4.69, 9.17) is 5.11 Å². The molecule has 0 aromatic carbocycles. The van der Waals surface area contributed by atoms with Crippen molar-refractivity contribution in [2.24, 2.45) is 0 Å². The molecule has 0 bridgehead atoms. The van der Waals surface area contributed by atoms with Crippen molar-refractivity contribution in [1.29, 1.82) is 0 Å². The highest BCUT2D eigenvalue weighted by atomic mass is 32.2. The molecule has 0 radical (unpaired) electrons. The Balaban J connectivity index is 2.54. The Bertz CT molecular complexity index is 254. The van der Waals surface area contributed by atoms with Gasteiger partial charge in [0.05, 0.1) is 6.04 Å². The van der Waals surface area contributed by atoms with Gasteiger partial charge in [-0.05, 0) is 6.42 Å². The number of hydrogen-bond acceptors (Lipinski definition) is 4. The molecule has 0 aliphatic carbocycles. The summed E-state index contributed by atoms with van der Waals surface area (Å²) in [5.74, 6) is 0.705. The zero-order valence-corrected chi connectivity index (χ0v) is 10.3. The molecule has 1 rings (SSSR count). The molecular weight excluding hydrogens is 228 g/mol. The molecular formula is C10H18N2O3S. The molecule has 1 aliphatic heterocycles. The molecule has 1 heterocycles. The lowest BCUT2D eigenvalue weighted by atomic mass is 10.2. The summed E-state index contributed by atoms with van der Waals surface area (Å²) < 4.78 is 0. The van der Waals surface area contributed by atoms with E-state index in [9.17, 15) is 9.59 Å². The third kappa shape index (κ3) is 4.02. The number of nitrogens with zero attached hydrogens (tertiary/aromatic N) is 1. The van der Waals surface area contributed by atoms with Gasteiger partial charge in [-0.15, -0.1) is 0 Å². The number of aliphatic carboxylic acids is 1. The lowest BCUT2D eigenvalue weighted by molar-refractivity contribution is -0.145. The molecule has 0 spiro atoms. The van der Waals surface area contributed by atoms with E-state index >= 15 is 0 Å². The number of carboxylic acids is 1. The van der Waals surface area contributed by atoms with Gasteiger partial charge in [-0.25, -0.2) is 0 Å². The number of amides is 1. The topological polar surface area (TPSA) is 69.6 Å². The fraction of sp³-hybridized carbons (Fsp3) is 0.800. The molecule has 1 amide bonds. The Hall–Kier alpha value is -0.750. The molecule has 0 aromatic rings. The molecule has 0 saturated carbocycles. The maximum Gasteiger partial charge on any atom is 0.323 e. The van der Waals surface area contributed by atoms with Gasteiger partial charge < -0.3 is 15.3 Å². The van der Waals surface area contributed by atoms with Crippen LogP contribution in [0.25, 0.3) is 0 Å². The molecule has 6 heteroatoms. The second-order valence-corrected chi connectivity index (χ2v) is 4.88. The Morgan fingerprint density at radius 3 is 2.81 bits per heavy atom. The Morgan fingerprint density at radius 1 is 1.56 bits per heavy atom. The monoisotopic (exact) mass is 246 g/mol. The summed E-state index contributed by atoms with van der Waals surface area (Å²) >= 11 is 1.73. The van der Waals surface area contributed by atoms with E-state index in [2.05, 4.69) is 5.32 Å². The predicted octanol–water partition coefficient (Wildman–Crippen LogP) is 0.0146. The second-order valence-electron chi connectivity index (χ2n) is 3.74. The third-order valence-corrected chi connectivity index (χ3v) is 3.41. The van der Waals surface area contributed by atoms with Crippen LogP contribution in [0.15, 0.2) is 0 Å². The molecule has 92 valence electrons. The average Bonchev–Trinajstić information content (AvgIpc) is 2.28. The molecule has 1 saturated heterocycles. The van der Waals surface area contributed by atoms with Crippen LogP contribution in [0, 0.1) is 0 Å². The molecule has 0 aromatic heterocycles. The first-order valence-corrected chi connectivity index (χ1v) is 6.62. The molecule has 5 nitrogen and oxygen atoms in total. The van der Waals surface area contributed by atoms with Gasteiger partial charge in [0.25, 0.3) is 0 Å². The first-order valence-electron chi connectivity index (χ1n) is 5.47. The van der Waals surface area contributed by atoms with Gasteiger partial charge in [-0.1, -0.05) is 6.92 Å². The average molecular weight is 246 g/mol. The summed E-state index contributed by atoms with van der Waals surface area (Å²) in [5, 5.41) is 11.9. The Morgan fingerprint density at radius 2 is 2.31 bits per heavy atom. The number of carboxylic acid groups (broad SMARTS) is 1. The summed E-state index contributed by atoms with van der Waals surface area (Å²) in [7, 11) is 0. The fourth-order valence-electron chi connectivity index (χ4n) is 1.64. The van der Waals surface area contributed by atoms with E-state index in [0.29, 0.717) is 6.54 Å². The minimum Gasteiger partial charge on any atom is -0.480 e. The van der Waals surface area contributed by atoms with Gasteiger partial charge >= 0.3 is 5.97 Å². The van der Waals surface area contributed by atoms with Crippen molar-refractivity contribution in [3.63, 3.8) is 0 Å². The van der Waals surface area contributed by atoms with E-state index in [1.807, 2.05) is 6.92 Å². The summed E-state index contributed by atoms with van der Waals surface area (Å²) in [6.45, 7) is 3.06. The van der Waals surface area contributed by atoms with Gasteiger partial charge in [0.2, 0.25) is 5.91 Å². The highest BCUT2D eigenvalue weighted by molar-refractivity contribution is 7.99. The Labute approximate surface area is 99.6 Å². The molecule has 1 fully saturated rings. The van der Waals surface area contributed by atoms with Crippen molar-refractivity contribution in [3.8, 4) is 0 Å². The number of carbonyl (C=O) groups is 2. The summed E-state index contributed by atoms with van der Waals surface area (Å²) in [4.78, 5) is 24.1. The zero-order valence-electron chi connectivity index (χ0n) is 9.44. The summed E-state index contributed by atoms with van der Waals surface area (Å²) in [6.07, 6.45) is 0.777. The first-order chi connectivity index (χ1) is 7.65. The molecule has 1 aliphatic rings. The largest absolute Gasteiger partial charge is 0.480 e. The molecule has 1 unspecified atom stereocenters. The van der Waals surface area contributed by atoms with Crippen molar-refractivity contribution < 1.29 is 14.7 Å². The van der Waals surface area contributed by atoms with E-state index in [1.54, 1.807) is 11.8 Å². The number of hydrogen-bond donors (Lipinski definition) is 2. The van der Waals surface area contributed by atoms with E-state index < -0.39 is 5.97 Å². The van der Waals surface area contributed by atoms with Gasteiger partial charge in [0.1, 0.15) is 6.54 Å². The van der Waals surface area contributed by atoms with E-state index in [1.165, 1.54) is 4.90 Å². The van der Waals surface area contributed by atoms with Gasteiger partial charge in [0, 0.05) is 24.6 Å². The molecule has 16 heavy (non-hydrogen) atoms. The minimum absolute atomic E-state index is 0.0866. The van der Waals surface area contributed by atoms with Crippen molar-refractivity contribution in [1.82, 2.24) is 10.2 Å². The maximum atomic E-state index is 12.0. The first kappa shape index (κ1) is 13.3. The van der Waals surface area contributed by atoms with Crippen LogP contribution in [0.5, 0.6) is 0 Å². The summed E-state index contributed by atoms with van der Waals surface area (Å²) in [5.41, 5.74) is 0. The van der Waals surface area contributed by atoms with Crippen LogP contribution in [0.4, 0.5) is 0 Å². The van der Waals surface area contributed by atoms with Crippen molar-refractivity contribution in [2.45, 2.75) is 19.4 Å². The van der Waals surface area contributed by atoms with Gasteiger partial charge in [-0.3, -0.25) is 9.59 Å². The van der Waals surface area contributed by atoms with Crippen molar-refractivity contribution in [3.05, 3.63) is 0 Å². The van der Waals surface area contributed by atoms with Crippen LogP contribution in [-0.4, -0.2) is 59.1 Å². The highest BCUT2D eigenvalue weighted by Gasteiger charge is 2.26. The number of carbonyl (C=O) groups excluding carboxylic acids is 1. The van der Waals surface area contributed by atoms with Crippen LogP contribution in [0.3, 0.4) is 0 Å².